The van der Waals surface area contributed by atoms with Gasteiger partial charge in [0.1, 0.15) is 5.82 Å². The normalized spacial score (nSPS) is 11.1. The Morgan fingerprint density at radius 3 is 2.22 bits per heavy atom. The van der Waals surface area contributed by atoms with Gasteiger partial charge in [0.15, 0.2) is 17.5 Å². The largest absolute Gasteiger partial charge is 0.253 e. The smallest absolute Gasteiger partial charge is 0.159 e. The van der Waals surface area contributed by atoms with Gasteiger partial charge in [0.05, 0.1) is 5.69 Å². The van der Waals surface area contributed by atoms with Crippen LogP contribution < -0.4 is 0 Å². The van der Waals surface area contributed by atoms with E-state index in [1.54, 1.807) is 0 Å². The lowest BCUT2D eigenvalue weighted by Crippen LogP contribution is -1.88. The van der Waals surface area contributed by atoms with Crippen LogP contribution in [0, 0.1) is 23.3 Å². The summed E-state index contributed by atoms with van der Waals surface area (Å²) in [4.78, 5) is 3.73. The zero-order chi connectivity index (χ0) is 13.1. The van der Waals surface area contributed by atoms with Gasteiger partial charge in [-0.25, -0.2) is 17.6 Å². The van der Waals surface area contributed by atoms with Crippen molar-refractivity contribution < 1.29 is 17.6 Å². The highest BCUT2D eigenvalue weighted by Crippen LogP contribution is 2.18. The second kappa shape index (κ2) is 5.00. The molecule has 0 saturated heterocycles. The molecule has 0 amide bonds. The van der Waals surface area contributed by atoms with Crippen molar-refractivity contribution in [2.75, 3.05) is 0 Å². The molecule has 0 aliphatic heterocycles. The molecule has 0 radical (unpaired) electrons. The number of benzene rings is 2. The molecule has 2 aromatic rings. The Morgan fingerprint density at radius 2 is 1.56 bits per heavy atom. The summed E-state index contributed by atoms with van der Waals surface area (Å²) in [6.07, 6.45) is 1.17. The summed E-state index contributed by atoms with van der Waals surface area (Å²) in [5, 5.41) is 0. The highest BCUT2D eigenvalue weighted by Gasteiger charge is 2.03. The first-order valence-electron chi connectivity index (χ1n) is 5.00. The SMILES string of the molecule is Fc1ccc(N=Cc2ccc(F)c(F)c2)c(F)c1. The van der Waals surface area contributed by atoms with Crippen molar-refractivity contribution in [3.05, 3.63) is 65.2 Å². The van der Waals surface area contributed by atoms with Crippen LogP contribution in [0.25, 0.3) is 0 Å². The fourth-order valence-corrected chi connectivity index (χ4v) is 1.32. The summed E-state index contributed by atoms with van der Waals surface area (Å²) >= 11 is 0. The number of hydrogen-bond donors (Lipinski definition) is 0. The van der Waals surface area contributed by atoms with E-state index in [1.165, 1.54) is 12.3 Å². The predicted octanol–water partition coefficient (Wildman–Crippen LogP) is 3.99. The van der Waals surface area contributed by atoms with Crippen LogP contribution in [0.5, 0.6) is 0 Å². The van der Waals surface area contributed by atoms with E-state index >= 15 is 0 Å². The first-order chi connectivity index (χ1) is 8.56. The lowest BCUT2D eigenvalue weighted by Gasteiger charge is -1.97. The third kappa shape index (κ3) is 2.74. The van der Waals surface area contributed by atoms with E-state index in [4.69, 9.17) is 0 Å². The molecule has 0 spiro atoms. The fraction of sp³-hybridized carbons (Fsp3) is 0. The molecule has 0 fully saturated rings. The Hall–Kier alpha value is -2.17. The Bertz CT molecular complexity index is 608. The van der Waals surface area contributed by atoms with E-state index in [9.17, 15) is 17.6 Å². The van der Waals surface area contributed by atoms with Crippen LogP contribution in [-0.4, -0.2) is 6.21 Å². The number of nitrogens with zero attached hydrogens (tertiary/aromatic N) is 1. The zero-order valence-electron chi connectivity index (χ0n) is 9.00. The van der Waals surface area contributed by atoms with E-state index in [0.717, 1.165) is 24.3 Å². The molecule has 1 nitrogen and oxygen atoms in total. The molecule has 0 aromatic heterocycles. The van der Waals surface area contributed by atoms with Crippen LogP contribution in [0.15, 0.2) is 41.4 Å². The summed E-state index contributed by atoms with van der Waals surface area (Å²) in [6.45, 7) is 0. The molecule has 5 heteroatoms. The second-order valence-electron chi connectivity index (χ2n) is 3.53. The van der Waals surface area contributed by atoms with Crippen LogP contribution in [0.1, 0.15) is 5.56 Å². The maximum absolute atomic E-state index is 13.2. The maximum Gasteiger partial charge on any atom is 0.159 e. The van der Waals surface area contributed by atoms with E-state index in [-0.39, 0.29) is 11.3 Å². The van der Waals surface area contributed by atoms with Gasteiger partial charge in [-0.1, -0.05) is 6.07 Å². The molecule has 0 saturated carbocycles. The van der Waals surface area contributed by atoms with Crippen molar-refractivity contribution in [1.29, 1.82) is 0 Å². The van der Waals surface area contributed by atoms with Crippen LogP contribution >= 0.6 is 0 Å². The average Bonchev–Trinajstić information content (AvgIpc) is 2.32. The average molecular weight is 253 g/mol. The molecular weight excluding hydrogens is 246 g/mol. The van der Waals surface area contributed by atoms with E-state index in [2.05, 4.69) is 4.99 Å². The fourth-order valence-electron chi connectivity index (χ4n) is 1.32. The summed E-state index contributed by atoms with van der Waals surface area (Å²) in [7, 11) is 0. The quantitative estimate of drug-likeness (QED) is 0.566. The van der Waals surface area contributed by atoms with Gasteiger partial charge in [0.25, 0.3) is 0 Å². The van der Waals surface area contributed by atoms with Gasteiger partial charge >= 0.3 is 0 Å². The van der Waals surface area contributed by atoms with Crippen LogP contribution in [0.2, 0.25) is 0 Å². The summed E-state index contributed by atoms with van der Waals surface area (Å²) in [5.41, 5.74) is 0.193. The minimum atomic E-state index is -1.02. The Morgan fingerprint density at radius 1 is 0.778 bits per heavy atom. The van der Waals surface area contributed by atoms with Gasteiger partial charge in [0.2, 0.25) is 0 Å². The molecule has 0 atom stereocenters. The lowest BCUT2D eigenvalue weighted by molar-refractivity contribution is 0.508. The summed E-state index contributed by atoms with van der Waals surface area (Å²) in [5.74, 6) is -3.52. The van der Waals surface area contributed by atoms with Crippen molar-refractivity contribution in [3.63, 3.8) is 0 Å². The molecule has 2 rings (SSSR count). The minimum Gasteiger partial charge on any atom is -0.253 e. The molecular formula is C13H7F4N. The van der Waals surface area contributed by atoms with Gasteiger partial charge in [-0.15, -0.1) is 0 Å². The molecule has 2 aromatic carbocycles. The summed E-state index contributed by atoms with van der Waals surface area (Å²) in [6, 6.07) is 6.07. The van der Waals surface area contributed by atoms with Crippen LogP contribution in [0.3, 0.4) is 0 Å². The van der Waals surface area contributed by atoms with Gasteiger partial charge < -0.3 is 0 Å². The molecule has 0 bridgehead atoms. The van der Waals surface area contributed by atoms with Crippen molar-refractivity contribution in [1.82, 2.24) is 0 Å². The molecule has 0 heterocycles. The Kier molecular flexibility index (Phi) is 3.41. The molecule has 0 unspecified atom stereocenters. The van der Waals surface area contributed by atoms with E-state index in [0.29, 0.717) is 6.07 Å². The van der Waals surface area contributed by atoms with Gasteiger partial charge in [-0.3, -0.25) is 4.99 Å². The highest BCUT2D eigenvalue weighted by molar-refractivity contribution is 5.81. The molecule has 18 heavy (non-hydrogen) atoms. The first kappa shape index (κ1) is 12.3. The monoisotopic (exact) mass is 253 g/mol. The molecule has 92 valence electrons. The third-order valence-corrected chi connectivity index (χ3v) is 2.21. The first-order valence-corrected chi connectivity index (χ1v) is 5.00. The topological polar surface area (TPSA) is 12.4 Å². The molecule has 0 aliphatic carbocycles. The second-order valence-corrected chi connectivity index (χ2v) is 3.53. The van der Waals surface area contributed by atoms with Crippen molar-refractivity contribution >= 4 is 11.9 Å². The van der Waals surface area contributed by atoms with Gasteiger partial charge in [-0.05, 0) is 29.8 Å². The number of aliphatic imine (C=N–C) groups is 1. The van der Waals surface area contributed by atoms with Gasteiger partial charge in [0, 0.05) is 12.3 Å². The number of rotatable bonds is 2. The number of halogens is 4. The third-order valence-electron chi connectivity index (χ3n) is 2.21. The molecule has 0 aliphatic rings. The minimum absolute atomic E-state index is 0.0823. The predicted molar refractivity (Wildman–Crippen MR) is 60.0 cm³/mol. The zero-order valence-corrected chi connectivity index (χ0v) is 9.00. The lowest BCUT2D eigenvalue weighted by atomic mass is 10.2. The van der Waals surface area contributed by atoms with Crippen LogP contribution in [0.4, 0.5) is 23.2 Å². The summed E-state index contributed by atoms with van der Waals surface area (Å²) < 4.78 is 51.4. The van der Waals surface area contributed by atoms with E-state index in [1.807, 2.05) is 0 Å². The molecule has 0 N–H and O–H groups in total. The standard InChI is InChI=1S/C13H7F4N/c14-9-2-4-13(12(17)6-9)18-7-8-1-3-10(15)11(16)5-8/h1-7H. The van der Waals surface area contributed by atoms with E-state index < -0.39 is 23.3 Å². The number of hydrogen-bond acceptors (Lipinski definition) is 1. The maximum atomic E-state index is 13.2. The Labute approximate surface area is 100 Å². The highest BCUT2D eigenvalue weighted by atomic mass is 19.2. The van der Waals surface area contributed by atoms with Gasteiger partial charge in [-0.2, -0.15) is 0 Å². The van der Waals surface area contributed by atoms with Crippen molar-refractivity contribution in [3.8, 4) is 0 Å². The Balaban J connectivity index is 2.27. The van der Waals surface area contributed by atoms with Crippen LogP contribution in [-0.2, 0) is 0 Å². The van der Waals surface area contributed by atoms with Crippen molar-refractivity contribution in [2.45, 2.75) is 0 Å². The van der Waals surface area contributed by atoms with Crippen molar-refractivity contribution in [2.24, 2.45) is 4.99 Å².